The topological polar surface area (TPSA) is 92.6 Å². The standard InChI is InChI=1S/C22H24N4O2.HI/c1-15-9-16(2)11-19(10-15)26-22(23)25-13-17-5-3-6-18(12-17)21(27)24-14-20-7-4-8-28-20;/h3-12H,13-14H2,1-2H3,(H,24,27)(H3,23,25,26);1H. The fourth-order valence-electron chi connectivity index (χ4n) is 2.90. The summed E-state index contributed by atoms with van der Waals surface area (Å²) in [5.41, 5.74) is 10.7. The lowest BCUT2D eigenvalue weighted by molar-refractivity contribution is 0.0948. The van der Waals surface area contributed by atoms with Crippen molar-refractivity contribution in [3.8, 4) is 0 Å². The first-order valence-corrected chi connectivity index (χ1v) is 9.04. The highest BCUT2D eigenvalue weighted by molar-refractivity contribution is 14.0. The van der Waals surface area contributed by atoms with Gasteiger partial charge in [-0.3, -0.25) is 4.79 Å². The third-order valence-corrected chi connectivity index (χ3v) is 4.12. The van der Waals surface area contributed by atoms with Gasteiger partial charge in [0.15, 0.2) is 5.96 Å². The number of rotatable bonds is 6. The molecule has 0 unspecified atom stereocenters. The Kier molecular flexibility index (Phi) is 8.26. The monoisotopic (exact) mass is 504 g/mol. The first-order valence-electron chi connectivity index (χ1n) is 9.04. The molecule has 1 amide bonds. The van der Waals surface area contributed by atoms with Crippen molar-refractivity contribution in [1.29, 1.82) is 0 Å². The maximum Gasteiger partial charge on any atom is 0.251 e. The van der Waals surface area contributed by atoms with E-state index < -0.39 is 0 Å². The van der Waals surface area contributed by atoms with Crippen LogP contribution in [0.3, 0.4) is 0 Å². The van der Waals surface area contributed by atoms with Gasteiger partial charge in [-0.25, -0.2) is 4.99 Å². The Labute approximate surface area is 187 Å². The summed E-state index contributed by atoms with van der Waals surface area (Å²) in [5.74, 6) is 0.876. The number of amides is 1. The van der Waals surface area contributed by atoms with E-state index in [1.54, 1.807) is 18.4 Å². The van der Waals surface area contributed by atoms with Crippen LogP contribution in [0.2, 0.25) is 0 Å². The number of halogens is 1. The number of carbonyl (C=O) groups is 1. The number of benzene rings is 2. The summed E-state index contributed by atoms with van der Waals surface area (Å²) in [6.45, 7) is 4.80. The zero-order valence-corrected chi connectivity index (χ0v) is 18.8. The molecule has 2 aromatic carbocycles. The zero-order chi connectivity index (χ0) is 19.9. The predicted octanol–water partition coefficient (Wildman–Crippen LogP) is 4.37. The molecule has 4 N–H and O–H groups in total. The summed E-state index contributed by atoms with van der Waals surface area (Å²) < 4.78 is 5.22. The van der Waals surface area contributed by atoms with Gasteiger partial charge in [0.2, 0.25) is 0 Å². The smallest absolute Gasteiger partial charge is 0.251 e. The maximum atomic E-state index is 12.3. The third kappa shape index (κ3) is 6.94. The van der Waals surface area contributed by atoms with Gasteiger partial charge in [0, 0.05) is 11.3 Å². The summed E-state index contributed by atoms with van der Waals surface area (Å²) in [6.07, 6.45) is 1.58. The minimum atomic E-state index is -0.163. The number of nitrogens with zero attached hydrogens (tertiary/aromatic N) is 1. The molecule has 1 aromatic heterocycles. The summed E-state index contributed by atoms with van der Waals surface area (Å²) in [7, 11) is 0. The minimum absolute atomic E-state index is 0. The molecule has 0 bridgehead atoms. The predicted molar refractivity (Wildman–Crippen MR) is 127 cm³/mol. The molecule has 0 saturated heterocycles. The Balaban J connectivity index is 0.00000300. The number of carbonyl (C=O) groups excluding carboxylic acids is 1. The second-order valence-corrected chi connectivity index (χ2v) is 6.67. The Hall–Kier alpha value is -2.81. The van der Waals surface area contributed by atoms with E-state index in [1.807, 2.05) is 50.2 Å². The number of furan rings is 1. The molecule has 6 nitrogen and oxygen atoms in total. The molecule has 1 heterocycles. The lowest BCUT2D eigenvalue weighted by Gasteiger charge is -2.08. The molecule has 0 fully saturated rings. The number of nitrogens with two attached hydrogens (primary N) is 1. The molecular formula is C22H25IN4O2. The summed E-state index contributed by atoms with van der Waals surface area (Å²) in [4.78, 5) is 16.7. The van der Waals surface area contributed by atoms with Gasteiger partial charge >= 0.3 is 0 Å². The van der Waals surface area contributed by atoms with Gasteiger partial charge in [-0.05, 0) is 66.9 Å². The number of guanidine groups is 1. The Morgan fingerprint density at radius 1 is 1.07 bits per heavy atom. The number of aliphatic imine (C=N–C) groups is 1. The van der Waals surface area contributed by atoms with Crippen molar-refractivity contribution < 1.29 is 9.21 Å². The second-order valence-electron chi connectivity index (χ2n) is 6.67. The summed E-state index contributed by atoms with van der Waals surface area (Å²) in [5, 5.41) is 5.94. The van der Waals surface area contributed by atoms with Crippen molar-refractivity contribution in [1.82, 2.24) is 5.32 Å². The van der Waals surface area contributed by atoms with Crippen molar-refractivity contribution in [3.05, 3.63) is 88.9 Å². The largest absolute Gasteiger partial charge is 0.467 e. The fraction of sp³-hybridized carbons (Fsp3) is 0.182. The Morgan fingerprint density at radius 3 is 2.52 bits per heavy atom. The first kappa shape index (κ1) is 22.5. The van der Waals surface area contributed by atoms with Crippen LogP contribution in [0.1, 0.15) is 32.8 Å². The van der Waals surface area contributed by atoms with Crippen LogP contribution in [0.25, 0.3) is 0 Å². The van der Waals surface area contributed by atoms with Gasteiger partial charge in [0.1, 0.15) is 5.76 Å². The van der Waals surface area contributed by atoms with Crippen molar-refractivity contribution in [2.45, 2.75) is 26.9 Å². The lowest BCUT2D eigenvalue weighted by atomic mass is 10.1. The Bertz CT molecular complexity index is 964. The van der Waals surface area contributed by atoms with Crippen molar-refractivity contribution in [3.63, 3.8) is 0 Å². The van der Waals surface area contributed by atoms with E-state index in [0.29, 0.717) is 30.4 Å². The van der Waals surface area contributed by atoms with Crippen LogP contribution in [0, 0.1) is 13.8 Å². The molecule has 0 spiro atoms. The van der Waals surface area contributed by atoms with Crippen LogP contribution in [0.15, 0.2) is 70.3 Å². The number of anilines is 1. The lowest BCUT2D eigenvalue weighted by Crippen LogP contribution is -2.23. The normalized spacial score (nSPS) is 10.9. The van der Waals surface area contributed by atoms with E-state index in [0.717, 1.165) is 22.4 Å². The van der Waals surface area contributed by atoms with E-state index in [1.165, 1.54) is 0 Å². The summed E-state index contributed by atoms with van der Waals surface area (Å²) >= 11 is 0. The molecule has 0 radical (unpaired) electrons. The van der Waals surface area contributed by atoms with Gasteiger partial charge < -0.3 is 20.8 Å². The highest BCUT2D eigenvalue weighted by atomic mass is 127. The van der Waals surface area contributed by atoms with Crippen molar-refractivity contribution >= 4 is 41.5 Å². The molecule has 152 valence electrons. The van der Waals surface area contributed by atoms with Gasteiger partial charge in [-0.2, -0.15) is 0 Å². The molecular weight excluding hydrogens is 479 g/mol. The van der Waals surface area contributed by atoms with Crippen LogP contribution in [-0.4, -0.2) is 11.9 Å². The minimum Gasteiger partial charge on any atom is -0.467 e. The molecule has 0 saturated carbocycles. The molecule has 29 heavy (non-hydrogen) atoms. The number of nitrogens with one attached hydrogen (secondary N) is 2. The molecule has 0 aliphatic rings. The molecule has 0 aliphatic heterocycles. The van der Waals surface area contributed by atoms with E-state index in [4.69, 9.17) is 10.2 Å². The van der Waals surface area contributed by atoms with Crippen LogP contribution in [-0.2, 0) is 13.1 Å². The SMILES string of the molecule is Cc1cc(C)cc(NC(N)=NCc2cccc(C(=O)NCc3ccco3)c2)c1.I. The van der Waals surface area contributed by atoms with E-state index >= 15 is 0 Å². The van der Waals surface area contributed by atoms with Gasteiger partial charge in [-0.1, -0.05) is 18.2 Å². The quantitative estimate of drug-likeness (QED) is 0.264. The molecule has 0 aliphatic carbocycles. The molecule has 0 atom stereocenters. The van der Waals surface area contributed by atoms with Gasteiger partial charge in [-0.15, -0.1) is 24.0 Å². The van der Waals surface area contributed by atoms with Gasteiger partial charge in [0.05, 0.1) is 19.4 Å². The van der Waals surface area contributed by atoms with Crippen molar-refractivity contribution in [2.24, 2.45) is 10.7 Å². The third-order valence-electron chi connectivity index (χ3n) is 4.12. The highest BCUT2D eigenvalue weighted by Gasteiger charge is 2.07. The highest BCUT2D eigenvalue weighted by Crippen LogP contribution is 2.13. The van der Waals surface area contributed by atoms with E-state index in [9.17, 15) is 4.79 Å². The zero-order valence-electron chi connectivity index (χ0n) is 16.4. The average molecular weight is 504 g/mol. The van der Waals surface area contributed by atoms with Gasteiger partial charge in [0.25, 0.3) is 5.91 Å². The van der Waals surface area contributed by atoms with Crippen LogP contribution < -0.4 is 16.4 Å². The van der Waals surface area contributed by atoms with Crippen LogP contribution in [0.5, 0.6) is 0 Å². The second kappa shape index (κ2) is 10.7. The number of hydrogen-bond donors (Lipinski definition) is 3. The van der Waals surface area contributed by atoms with Crippen molar-refractivity contribution in [2.75, 3.05) is 5.32 Å². The number of hydrogen-bond acceptors (Lipinski definition) is 3. The average Bonchev–Trinajstić information content (AvgIpc) is 3.17. The number of aryl methyl sites for hydroxylation is 2. The van der Waals surface area contributed by atoms with E-state index in [-0.39, 0.29) is 29.9 Å². The fourth-order valence-corrected chi connectivity index (χ4v) is 2.90. The molecule has 7 heteroatoms. The molecule has 3 rings (SSSR count). The Morgan fingerprint density at radius 2 is 1.83 bits per heavy atom. The van der Waals surface area contributed by atoms with Crippen LogP contribution in [0.4, 0.5) is 5.69 Å². The summed E-state index contributed by atoms with van der Waals surface area (Å²) in [6, 6.07) is 17.1. The first-order chi connectivity index (χ1) is 13.5. The van der Waals surface area contributed by atoms with E-state index in [2.05, 4.69) is 21.7 Å². The molecule has 3 aromatic rings. The van der Waals surface area contributed by atoms with Crippen LogP contribution >= 0.6 is 24.0 Å². The maximum absolute atomic E-state index is 12.3.